The number of rotatable bonds is 61. The zero-order valence-corrected chi connectivity index (χ0v) is 51.0. The fourth-order valence-corrected chi connectivity index (χ4v) is 10.5. The average molecular weight is 1070 g/mol. The topological polar surface area (TPSA) is 108 Å². The number of nitrogens with zero attached hydrogens (tertiary/aromatic N) is 1. The summed E-state index contributed by atoms with van der Waals surface area (Å²) in [4.78, 5) is 35.8. The molecule has 0 aromatic heterocycles. The fourth-order valence-electron chi connectivity index (χ4n) is 9.78. The van der Waals surface area contributed by atoms with Gasteiger partial charge in [0.2, 0.25) is 0 Å². The van der Waals surface area contributed by atoms with E-state index >= 15 is 0 Å². The Hall–Kier alpha value is -1.25. The first-order chi connectivity index (χ1) is 36.0. The largest absolute Gasteiger partial charge is 0.472 e. The van der Waals surface area contributed by atoms with Gasteiger partial charge in [0.15, 0.2) is 6.10 Å². The molecule has 2 unspecified atom stereocenters. The molecule has 0 radical (unpaired) electrons. The van der Waals surface area contributed by atoms with Crippen molar-refractivity contribution >= 4 is 19.8 Å². The van der Waals surface area contributed by atoms with Crippen LogP contribution in [0.25, 0.3) is 0 Å². The molecule has 0 aromatic carbocycles. The third kappa shape index (κ3) is 60.0. The highest BCUT2D eigenvalue weighted by molar-refractivity contribution is 7.47. The summed E-state index contributed by atoms with van der Waals surface area (Å²) in [6.45, 7) is 4.51. The molecule has 0 aromatic rings. The maximum absolute atomic E-state index is 12.8. The second-order valence-electron chi connectivity index (χ2n) is 23.5. The Balaban J connectivity index is 4.03. The number of allylic oxidation sites excluding steroid dienone is 2. The summed E-state index contributed by atoms with van der Waals surface area (Å²) in [5, 5.41) is 0. The second-order valence-corrected chi connectivity index (χ2v) is 25.0. The lowest BCUT2D eigenvalue weighted by atomic mass is 10.0. The first-order valence-electron chi connectivity index (χ1n) is 32.4. The number of phosphoric acid groups is 1. The van der Waals surface area contributed by atoms with Crippen LogP contribution in [0, 0.1) is 0 Å². The van der Waals surface area contributed by atoms with Crippen molar-refractivity contribution in [1.29, 1.82) is 0 Å². The van der Waals surface area contributed by atoms with Gasteiger partial charge in [-0.25, -0.2) is 4.57 Å². The third-order valence-corrected chi connectivity index (χ3v) is 15.8. The number of phosphoric ester groups is 1. The average Bonchev–Trinajstić information content (AvgIpc) is 3.36. The van der Waals surface area contributed by atoms with Gasteiger partial charge >= 0.3 is 19.8 Å². The van der Waals surface area contributed by atoms with Crippen LogP contribution in [0.2, 0.25) is 0 Å². The molecule has 9 nitrogen and oxygen atoms in total. The SMILES string of the molecule is CCCCCCCCCC/C=C\CCCCCCCCCCCCCCCCCCCC(=O)OC(COC(=O)CCCCCCCCCCCCCCCCCCCCCCC)COP(=O)(O)OCC[N+](C)(C)C. The molecule has 440 valence electrons. The Morgan fingerprint density at radius 2 is 0.689 bits per heavy atom. The van der Waals surface area contributed by atoms with Crippen molar-refractivity contribution in [2.24, 2.45) is 0 Å². The quantitative estimate of drug-likeness (QED) is 0.0211. The molecule has 0 aliphatic heterocycles. The third-order valence-electron chi connectivity index (χ3n) is 14.8. The van der Waals surface area contributed by atoms with E-state index in [4.69, 9.17) is 18.5 Å². The minimum Gasteiger partial charge on any atom is -0.462 e. The summed E-state index contributed by atoms with van der Waals surface area (Å²) in [7, 11) is 1.50. The highest BCUT2D eigenvalue weighted by Gasteiger charge is 2.27. The van der Waals surface area contributed by atoms with Crippen LogP contribution in [0.4, 0.5) is 0 Å². The summed E-state index contributed by atoms with van der Waals surface area (Å²) in [6, 6.07) is 0. The monoisotopic (exact) mass is 1070 g/mol. The fraction of sp³-hybridized carbons (Fsp3) is 0.938. The van der Waals surface area contributed by atoms with Crippen molar-refractivity contribution in [2.75, 3.05) is 47.5 Å². The Morgan fingerprint density at radius 1 is 0.405 bits per heavy atom. The molecule has 0 spiro atoms. The van der Waals surface area contributed by atoms with Crippen molar-refractivity contribution in [3.63, 3.8) is 0 Å². The van der Waals surface area contributed by atoms with E-state index in [9.17, 15) is 19.0 Å². The van der Waals surface area contributed by atoms with Crippen LogP contribution in [0.5, 0.6) is 0 Å². The van der Waals surface area contributed by atoms with E-state index < -0.39 is 26.5 Å². The molecule has 0 aliphatic carbocycles. The van der Waals surface area contributed by atoms with Crippen molar-refractivity contribution in [2.45, 2.75) is 341 Å². The second kappa shape index (κ2) is 56.5. The number of esters is 2. The number of carbonyl (C=O) groups is 2. The predicted molar refractivity (Wildman–Crippen MR) is 317 cm³/mol. The van der Waals surface area contributed by atoms with Crippen LogP contribution in [-0.2, 0) is 32.7 Å². The first-order valence-corrected chi connectivity index (χ1v) is 33.9. The summed E-state index contributed by atoms with van der Waals surface area (Å²) in [6.07, 6.45) is 67.3. The molecule has 0 saturated heterocycles. The maximum atomic E-state index is 12.8. The molecule has 0 bridgehead atoms. The molecular weight excluding hydrogens is 942 g/mol. The molecule has 10 heteroatoms. The van der Waals surface area contributed by atoms with Crippen molar-refractivity contribution in [3.05, 3.63) is 12.2 Å². The van der Waals surface area contributed by atoms with Crippen LogP contribution in [0.15, 0.2) is 12.2 Å². The van der Waals surface area contributed by atoms with Gasteiger partial charge in [-0.05, 0) is 38.5 Å². The summed E-state index contributed by atoms with van der Waals surface area (Å²) in [5.41, 5.74) is 0. The van der Waals surface area contributed by atoms with Crippen LogP contribution in [0.3, 0.4) is 0 Å². The summed E-state index contributed by atoms with van der Waals surface area (Å²) in [5.74, 6) is -0.773. The highest BCUT2D eigenvalue weighted by Crippen LogP contribution is 2.43. The minimum absolute atomic E-state index is 0.0364. The summed E-state index contributed by atoms with van der Waals surface area (Å²) < 4.78 is 34.7. The Kier molecular flexibility index (Phi) is 55.5. The molecule has 0 rings (SSSR count). The molecule has 0 heterocycles. The van der Waals surface area contributed by atoms with E-state index in [2.05, 4.69) is 26.0 Å². The van der Waals surface area contributed by atoms with E-state index in [1.54, 1.807) is 0 Å². The number of unbranched alkanes of at least 4 members (excludes halogenated alkanes) is 45. The first kappa shape index (κ1) is 72.8. The molecule has 1 N–H and O–H groups in total. The summed E-state index contributed by atoms with van der Waals surface area (Å²) >= 11 is 0. The van der Waals surface area contributed by atoms with Gasteiger partial charge in [-0.1, -0.05) is 296 Å². The number of carbonyl (C=O) groups excluding carboxylic acids is 2. The molecule has 2 atom stereocenters. The Bertz CT molecular complexity index is 1260. The van der Waals surface area contributed by atoms with E-state index in [0.29, 0.717) is 17.4 Å². The predicted octanol–water partition coefficient (Wildman–Crippen LogP) is 20.4. The Labute approximate surface area is 460 Å². The highest BCUT2D eigenvalue weighted by atomic mass is 31.2. The number of quaternary nitrogens is 1. The van der Waals surface area contributed by atoms with E-state index in [0.717, 1.165) is 38.5 Å². The van der Waals surface area contributed by atoms with Gasteiger partial charge in [0.1, 0.15) is 19.8 Å². The molecule has 0 amide bonds. The van der Waals surface area contributed by atoms with Gasteiger partial charge in [-0.15, -0.1) is 0 Å². The number of hydrogen-bond acceptors (Lipinski definition) is 7. The van der Waals surface area contributed by atoms with Gasteiger partial charge in [-0.3, -0.25) is 18.6 Å². The normalized spacial score (nSPS) is 13.2. The zero-order valence-electron chi connectivity index (χ0n) is 50.1. The van der Waals surface area contributed by atoms with Crippen molar-refractivity contribution in [1.82, 2.24) is 0 Å². The number of hydrogen-bond donors (Lipinski definition) is 1. The van der Waals surface area contributed by atoms with Gasteiger partial charge in [0.25, 0.3) is 0 Å². The van der Waals surface area contributed by atoms with Gasteiger partial charge in [0.05, 0.1) is 27.7 Å². The minimum atomic E-state index is -4.38. The number of ether oxygens (including phenoxy) is 2. The van der Waals surface area contributed by atoms with E-state index in [1.165, 1.54) is 270 Å². The standard InChI is InChI=1S/C64H126NO8P/c1-6-8-10-12-14-16-18-20-22-24-26-28-29-30-31-32-33-34-35-37-39-41-43-45-47-49-51-53-55-57-64(67)73-62(61-72-74(68,69)71-59-58-65(3,4)5)60-70-63(66)56-54-52-50-48-46-44-42-40-38-36-27-25-23-21-19-17-15-13-11-9-7-2/h24,26,62H,6-23,25,27-61H2,1-5H3/p+1/b26-24-. The van der Waals surface area contributed by atoms with E-state index in [-0.39, 0.29) is 25.6 Å². The van der Waals surface area contributed by atoms with Crippen LogP contribution < -0.4 is 0 Å². The lowest BCUT2D eigenvalue weighted by molar-refractivity contribution is -0.870. The lowest BCUT2D eigenvalue weighted by Crippen LogP contribution is -2.37. The van der Waals surface area contributed by atoms with Crippen molar-refractivity contribution < 1.29 is 42.1 Å². The molecule has 74 heavy (non-hydrogen) atoms. The molecule has 0 fully saturated rings. The Morgan fingerprint density at radius 3 is 1.00 bits per heavy atom. The van der Waals surface area contributed by atoms with E-state index in [1.807, 2.05) is 21.1 Å². The van der Waals surface area contributed by atoms with Crippen LogP contribution >= 0.6 is 7.82 Å². The maximum Gasteiger partial charge on any atom is 0.472 e. The molecule has 0 saturated carbocycles. The lowest BCUT2D eigenvalue weighted by Gasteiger charge is -2.24. The van der Waals surface area contributed by atoms with Gasteiger partial charge < -0.3 is 18.9 Å². The molecule has 0 aliphatic rings. The van der Waals surface area contributed by atoms with Gasteiger partial charge in [-0.2, -0.15) is 0 Å². The van der Waals surface area contributed by atoms with Crippen molar-refractivity contribution in [3.8, 4) is 0 Å². The smallest absolute Gasteiger partial charge is 0.462 e. The van der Waals surface area contributed by atoms with Crippen LogP contribution in [-0.4, -0.2) is 74.9 Å². The molecular formula is C64H127NO8P+. The van der Waals surface area contributed by atoms with Crippen LogP contribution in [0.1, 0.15) is 335 Å². The van der Waals surface area contributed by atoms with Gasteiger partial charge in [0, 0.05) is 12.8 Å². The zero-order chi connectivity index (χ0) is 54.2. The number of likely N-dealkylation sites (N-methyl/N-ethyl adjacent to an activating group) is 1.